The van der Waals surface area contributed by atoms with E-state index in [0.29, 0.717) is 0 Å². The number of rotatable bonds is 2. The van der Waals surface area contributed by atoms with Crippen LogP contribution in [0.2, 0.25) is 0 Å². The van der Waals surface area contributed by atoms with Gasteiger partial charge in [-0.1, -0.05) is 58.9 Å². The number of benzene rings is 1. The molecule has 1 aromatic rings. The summed E-state index contributed by atoms with van der Waals surface area (Å²) in [6, 6.07) is 9.11. The second kappa shape index (κ2) is 7.66. The maximum Gasteiger partial charge on any atom is 0.0234 e. The van der Waals surface area contributed by atoms with Crippen molar-refractivity contribution in [2.24, 2.45) is 0 Å². The van der Waals surface area contributed by atoms with Crippen molar-refractivity contribution in [3.63, 3.8) is 0 Å². The topological polar surface area (TPSA) is 15.3 Å². The third-order valence-electron chi connectivity index (χ3n) is 3.44. The normalized spacial score (nSPS) is 16.7. The monoisotopic (exact) mass is 262 g/mol. The van der Waals surface area contributed by atoms with Gasteiger partial charge in [0.05, 0.1) is 0 Å². The molecule has 1 N–H and O–H groups in total. The van der Waals surface area contributed by atoms with Gasteiger partial charge in [-0.2, -0.15) is 0 Å². The summed E-state index contributed by atoms with van der Waals surface area (Å²) < 4.78 is 0. The number of piperazine rings is 1. The highest BCUT2D eigenvalue weighted by atomic mass is 15.2. The summed E-state index contributed by atoms with van der Waals surface area (Å²) in [4.78, 5) is 2.52. The third kappa shape index (κ3) is 5.33. The average Bonchev–Trinajstić information content (AvgIpc) is 2.42. The minimum atomic E-state index is 0.258. The van der Waals surface area contributed by atoms with Crippen molar-refractivity contribution in [3.8, 4) is 0 Å². The maximum atomic E-state index is 3.39. The lowest BCUT2D eigenvalue weighted by Crippen LogP contribution is -2.42. The molecule has 1 aliphatic heterocycles. The Hall–Kier alpha value is -0.860. The van der Waals surface area contributed by atoms with E-state index in [9.17, 15) is 0 Å². The summed E-state index contributed by atoms with van der Waals surface area (Å²) in [5.74, 6) is 0. The van der Waals surface area contributed by atoms with Gasteiger partial charge < -0.3 is 5.32 Å². The minimum absolute atomic E-state index is 0.258. The van der Waals surface area contributed by atoms with Crippen molar-refractivity contribution >= 4 is 0 Å². The molecule has 0 unspecified atom stereocenters. The van der Waals surface area contributed by atoms with E-state index in [1.54, 1.807) is 0 Å². The lowest BCUT2D eigenvalue weighted by Gasteiger charge is -2.27. The molecule has 108 valence electrons. The van der Waals surface area contributed by atoms with Gasteiger partial charge in [-0.05, 0) is 16.5 Å². The first-order valence-electron chi connectivity index (χ1n) is 7.58. The number of nitrogens with one attached hydrogen (secondary N) is 1. The summed E-state index contributed by atoms with van der Waals surface area (Å²) in [7, 11) is 0. The summed E-state index contributed by atoms with van der Waals surface area (Å²) in [5.41, 5.74) is 3.11. The molecule has 1 aliphatic rings. The van der Waals surface area contributed by atoms with E-state index >= 15 is 0 Å². The van der Waals surface area contributed by atoms with E-state index in [-0.39, 0.29) is 5.41 Å². The maximum absolute atomic E-state index is 3.39. The van der Waals surface area contributed by atoms with Gasteiger partial charge in [0.25, 0.3) is 0 Å². The van der Waals surface area contributed by atoms with Gasteiger partial charge in [0.2, 0.25) is 0 Å². The molecular formula is C17H30N2. The van der Waals surface area contributed by atoms with Crippen molar-refractivity contribution in [2.75, 3.05) is 26.2 Å². The van der Waals surface area contributed by atoms with Crippen LogP contribution in [-0.4, -0.2) is 31.1 Å². The SMILES string of the molecule is CC.CC(C)(C)c1ccc(CN2CCNCC2)cc1. The van der Waals surface area contributed by atoms with Crippen LogP contribution in [0, 0.1) is 0 Å². The molecule has 2 rings (SSSR count). The summed E-state index contributed by atoms with van der Waals surface area (Å²) >= 11 is 0. The van der Waals surface area contributed by atoms with Crippen LogP contribution in [0.4, 0.5) is 0 Å². The highest BCUT2D eigenvalue weighted by Gasteiger charge is 2.14. The Kier molecular flexibility index (Phi) is 6.53. The van der Waals surface area contributed by atoms with Gasteiger partial charge >= 0.3 is 0 Å². The molecule has 0 bridgehead atoms. The smallest absolute Gasteiger partial charge is 0.0234 e. The molecule has 19 heavy (non-hydrogen) atoms. The molecule has 0 aliphatic carbocycles. The first-order chi connectivity index (χ1) is 9.05. The fourth-order valence-corrected chi connectivity index (χ4v) is 2.24. The Morgan fingerprint density at radius 2 is 1.53 bits per heavy atom. The Labute approximate surface area is 119 Å². The molecule has 0 aromatic heterocycles. The molecular weight excluding hydrogens is 232 g/mol. The highest BCUT2D eigenvalue weighted by molar-refractivity contribution is 5.27. The van der Waals surface area contributed by atoms with Gasteiger partial charge in [-0.25, -0.2) is 0 Å². The van der Waals surface area contributed by atoms with Crippen molar-refractivity contribution in [3.05, 3.63) is 35.4 Å². The lowest BCUT2D eigenvalue weighted by atomic mass is 9.87. The van der Waals surface area contributed by atoms with E-state index < -0.39 is 0 Å². The quantitative estimate of drug-likeness (QED) is 0.878. The molecule has 0 radical (unpaired) electrons. The standard InChI is InChI=1S/C15H24N2.C2H6/c1-15(2,3)14-6-4-13(5-7-14)12-17-10-8-16-9-11-17;1-2/h4-7,16H,8-12H2,1-3H3;1-2H3. The van der Waals surface area contributed by atoms with Crippen LogP contribution >= 0.6 is 0 Å². The van der Waals surface area contributed by atoms with Gasteiger partial charge in [0, 0.05) is 32.7 Å². The van der Waals surface area contributed by atoms with Crippen molar-refractivity contribution in [2.45, 2.75) is 46.6 Å². The van der Waals surface area contributed by atoms with Gasteiger partial charge in [-0.3, -0.25) is 4.90 Å². The van der Waals surface area contributed by atoms with Crippen LogP contribution in [0.5, 0.6) is 0 Å². The third-order valence-corrected chi connectivity index (χ3v) is 3.44. The van der Waals surface area contributed by atoms with Crippen LogP contribution in [-0.2, 0) is 12.0 Å². The predicted molar refractivity (Wildman–Crippen MR) is 84.6 cm³/mol. The molecule has 0 atom stereocenters. The second-order valence-corrected chi connectivity index (χ2v) is 5.97. The molecule has 1 fully saturated rings. The highest BCUT2D eigenvalue weighted by Crippen LogP contribution is 2.22. The fourth-order valence-electron chi connectivity index (χ4n) is 2.24. The van der Waals surface area contributed by atoms with E-state index in [0.717, 1.165) is 19.6 Å². The van der Waals surface area contributed by atoms with Gasteiger partial charge in [0.1, 0.15) is 0 Å². The largest absolute Gasteiger partial charge is 0.314 e. The Balaban J connectivity index is 0.000000861. The number of nitrogens with zero attached hydrogens (tertiary/aromatic N) is 1. The van der Waals surface area contributed by atoms with Crippen molar-refractivity contribution in [1.82, 2.24) is 10.2 Å². The molecule has 1 saturated heterocycles. The van der Waals surface area contributed by atoms with Crippen LogP contribution in [0.25, 0.3) is 0 Å². The zero-order valence-electron chi connectivity index (χ0n) is 13.3. The van der Waals surface area contributed by atoms with Gasteiger partial charge in [-0.15, -0.1) is 0 Å². The molecule has 0 saturated carbocycles. The predicted octanol–water partition coefficient (Wildman–Crippen LogP) is 3.42. The van der Waals surface area contributed by atoms with Crippen molar-refractivity contribution in [1.29, 1.82) is 0 Å². The van der Waals surface area contributed by atoms with Crippen LogP contribution in [0.15, 0.2) is 24.3 Å². The molecule has 1 heterocycles. The van der Waals surface area contributed by atoms with E-state index in [4.69, 9.17) is 0 Å². The zero-order valence-corrected chi connectivity index (χ0v) is 13.3. The first-order valence-corrected chi connectivity index (χ1v) is 7.58. The number of hydrogen-bond donors (Lipinski definition) is 1. The molecule has 1 aromatic carbocycles. The second-order valence-electron chi connectivity index (χ2n) is 5.97. The van der Waals surface area contributed by atoms with Crippen LogP contribution < -0.4 is 5.32 Å². The Morgan fingerprint density at radius 1 is 1.00 bits per heavy atom. The van der Waals surface area contributed by atoms with Crippen molar-refractivity contribution < 1.29 is 0 Å². The Morgan fingerprint density at radius 3 is 2.00 bits per heavy atom. The van der Waals surface area contributed by atoms with E-state index in [1.165, 1.54) is 24.2 Å². The minimum Gasteiger partial charge on any atom is -0.314 e. The fraction of sp³-hybridized carbons (Fsp3) is 0.647. The summed E-state index contributed by atoms with van der Waals surface area (Å²) in [6.07, 6.45) is 0. The molecule has 0 amide bonds. The average molecular weight is 262 g/mol. The van der Waals surface area contributed by atoms with E-state index in [1.807, 2.05) is 13.8 Å². The zero-order chi connectivity index (χ0) is 14.3. The van der Waals surface area contributed by atoms with Crippen LogP contribution in [0.1, 0.15) is 45.7 Å². The Bertz CT molecular complexity index is 343. The number of hydrogen-bond acceptors (Lipinski definition) is 2. The van der Waals surface area contributed by atoms with Crippen LogP contribution in [0.3, 0.4) is 0 Å². The molecule has 2 nitrogen and oxygen atoms in total. The summed E-state index contributed by atoms with van der Waals surface area (Å²) in [5, 5.41) is 3.39. The lowest BCUT2D eigenvalue weighted by molar-refractivity contribution is 0.233. The summed E-state index contributed by atoms with van der Waals surface area (Å²) in [6.45, 7) is 16.5. The van der Waals surface area contributed by atoms with E-state index in [2.05, 4.69) is 55.3 Å². The molecule has 2 heteroatoms. The first kappa shape index (κ1) is 16.2. The van der Waals surface area contributed by atoms with Gasteiger partial charge in [0.15, 0.2) is 0 Å². The molecule has 0 spiro atoms.